The molecule has 0 aliphatic rings. The Morgan fingerprint density at radius 1 is 1.20 bits per heavy atom. The van der Waals surface area contributed by atoms with Gasteiger partial charge in [-0.15, -0.1) is 0 Å². The second kappa shape index (κ2) is 9.39. The first kappa shape index (κ1) is 22.0. The molecule has 0 aliphatic carbocycles. The van der Waals surface area contributed by atoms with Crippen LogP contribution < -0.4 is 10.1 Å². The van der Waals surface area contributed by atoms with E-state index in [4.69, 9.17) is 17.0 Å². The average molecular weight is 427 g/mol. The van der Waals surface area contributed by atoms with Crippen molar-refractivity contribution in [3.05, 3.63) is 64.6 Å². The van der Waals surface area contributed by atoms with E-state index < -0.39 is 5.82 Å². The summed E-state index contributed by atoms with van der Waals surface area (Å²) in [6.07, 6.45) is 2.15. The number of nitrogens with one attached hydrogen (secondary N) is 1. The Morgan fingerprint density at radius 3 is 2.53 bits per heavy atom. The first-order valence-electron chi connectivity index (χ1n) is 10.1. The minimum Gasteiger partial charge on any atom is -0.494 e. The van der Waals surface area contributed by atoms with Crippen molar-refractivity contribution in [2.24, 2.45) is 0 Å². The monoisotopic (exact) mass is 426 g/mol. The van der Waals surface area contributed by atoms with Crippen LogP contribution in [0.5, 0.6) is 5.75 Å². The van der Waals surface area contributed by atoms with Crippen molar-refractivity contribution in [1.82, 2.24) is 9.88 Å². The van der Waals surface area contributed by atoms with Crippen molar-refractivity contribution in [2.75, 3.05) is 13.7 Å². The average Bonchev–Trinajstić information content (AvgIpc) is 2.98. The smallest absolute Gasteiger partial charge is 0.224 e. The fraction of sp³-hybridized carbons (Fsp3) is 0.333. The molecular formula is C24H27FN2O2S. The van der Waals surface area contributed by atoms with Gasteiger partial charge in [0.2, 0.25) is 5.91 Å². The van der Waals surface area contributed by atoms with E-state index in [0.717, 1.165) is 40.6 Å². The Morgan fingerprint density at radius 2 is 1.90 bits per heavy atom. The highest BCUT2D eigenvalue weighted by Crippen LogP contribution is 2.32. The molecule has 0 atom stereocenters. The van der Waals surface area contributed by atoms with Gasteiger partial charge in [0.05, 0.1) is 19.0 Å². The molecule has 30 heavy (non-hydrogen) atoms. The van der Waals surface area contributed by atoms with E-state index in [1.54, 1.807) is 6.07 Å². The number of thiocarbonyl (C=S) groups is 1. The molecule has 2 aromatic carbocycles. The summed E-state index contributed by atoms with van der Waals surface area (Å²) in [6.45, 7) is 6.66. The van der Waals surface area contributed by atoms with Crippen molar-refractivity contribution in [3.63, 3.8) is 0 Å². The van der Waals surface area contributed by atoms with Crippen molar-refractivity contribution in [2.45, 2.75) is 40.0 Å². The molecule has 3 aromatic rings. The van der Waals surface area contributed by atoms with Crippen LogP contribution >= 0.6 is 12.2 Å². The molecule has 0 bridgehead atoms. The van der Waals surface area contributed by atoms with Gasteiger partial charge in [0, 0.05) is 29.3 Å². The van der Waals surface area contributed by atoms with Gasteiger partial charge in [0.1, 0.15) is 4.99 Å². The van der Waals surface area contributed by atoms with E-state index >= 15 is 0 Å². The third-order valence-corrected chi connectivity index (χ3v) is 5.72. The summed E-state index contributed by atoms with van der Waals surface area (Å²) < 4.78 is 21.6. The SMILES string of the molecule is CCCCNC(=O)Cc1c(C)n(C(=S)c2ccc(C)cc2)c2cc(F)c(OC)cc12. The maximum Gasteiger partial charge on any atom is 0.224 e. The number of halogens is 1. The molecule has 1 amide bonds. The van der Waals surface area contributed by atoms with Gasteiger partial charge in [0.15, 0.2) is 11.6 Å². The number of aromatic nitrogens is 1. The van der Waals surface area contributed by atoms with E-state index in [-0.39, 0.29) is 18.1 Å². The lowest BCUT2D eigenvalue weighted by molar-refractivity contribution is -0.120. The highest BCUT2D eigenvalue weighted by molar-refractivity contribution is 7.80. The third kappa shape index (κ3) is 4.38. The Kier molecular flexibility index (Phi) is 6.87. The number of carbonyl (C=O) groups is 1. The van der Waals surface area contributed by atoms with Gasteiger partial charge >= 0.3 is 0 Å². The first-order chi connectivity index (χ1) is 14.4. The van der Waals surface area contributed by atoms with Gasteiger partial charge in [-0.1, -0.05) is 55.4 Å². The van der Waals surface area contributed by atoms with Crippen molar-refractivity contribution >= 4 is 34.0 Å². The van der Waals surface area contributed by atoms with Crippen LogP contribution in [0, 0.1) is 19.7 Å². The van der Waals surface area contributed by atoms with Crippen LogP contribution in [-0.2, 0) is 11.2 Å². The minimum atomic E-state index is -0.464. The summed E-state index contributed by atoms with van der Waals surface area (Å²) in [4.78, 5) is 13.1. The van der Waals surface area contributed by atoms with Gasteiger partial charge in [-0.2, -0.15) is 0 Å². The van der Waals surface area contributed by atoms with Crippen LogP contribution in [-0.4, -0.2) is 29.1 Å². The zero-order valence-corrected chi connectivity index (χ0v) is 18.7. The number of unbranched alkanes of at least 4 members (excludes halogenated alkanes) is 1. The van der Waals surface area contributed by atoms with E-state index in [0.29, 0.717) is 17.0 Å². The van der Waals surface area contributed by atoms with Gasteiger partial charge in [0.25, 0.3) is 0 Å². The van der Waals surface area contributed by atoms with E-state index in [1.807, 2.05) is 42.7 Å². The second-order valence-electron chi connectivity index (χ2n) is 7.45. The van der Waals surface area contributed by atoms with Crippen LogP contribution in [0.2, 0.25) is 0 Å². The molecule has 1 heterocycles. The largest absolute Gasteiger partial charge is 0.494 e. The highest BCUT2D eigenvalue weighted by atomic mass is 32.1. The molecule has 3 rings (SSSR count). The van der Waals surface area contributed by atoms with Gasteiger partial charge in [-0.3, -0.25) is 4.79 Å². The predicted molar refractivity (Wildman–Crippen MR) is 123 cm³/mol. The number of aryl methyl sites for hydroxylation is 1. The van der Waals surface area contributed by atoms with Gasteiger partial charge in [-0.05, 0) is 31.9 Å². The molecule has 0 spiro atoms. The van der Waals surface area contributed by atoms with Crippen LogP contribution in [0.3, 0.4) is 0 Å². The van der Waals surface area contributed by atoms with Crippen molar-refractivity contribution in [3.8, 4) is 5.75 Å². The third-order valence-electron chi connectivity index (χ3n) is 5.30. The summed E-state index contributed by atoms with van der Waals surface area (Å²) in [5.74, 6) is -0.377. The first-order valence-corrected chi connectivity index (χ1v) is 10.5. The summed E-state index contributed by atoms with van der Waals surface area (Å²) >= 11 is 5.77. The normalized spacial score (nSPS) is 11.0. The Bertz CT molecular complexity index is 1090. The molecule has 0 saturated heterocycles. The molecule has 0 fully saturated rings. The lowest BCUT2D eigenvalue weighted by Gasteiger charge is -2.11. The zero-order chi connectivity index (χ0) is 21.8. The topological polar surface area (TPSA) is 43.3 Å². The maximum absolute atomic E-state index is 14.6. The lowest BCUT2D eigenvalue weighted by atomic mass is 10.1. The standard InChI is InChI=1S/C24H27FN2O2S/c1-5-6-11-26-23(28)13-18-16(3)27(24(30)17-9-7-15(2)8-10-17)21-14-20(25)22(29-4)12-19(18)21/h7-10,12,14H,5-6,11,13H2,1-4H3,(H,26,28). The number of fused-ring (bicyclic) bond motifs is 1. The fourth-order valence-corrected chi connectivity index (χ4v) is 3.95. The zero-order valence-electron chi connectivity index (χ0n) is 17.8. The molecule has 1 N–H and O–H groups in total. The molecule has 6 heteroatoms. The number of benzene rings is 2. The molecule has 0 saturated carbocycles. The van der Waals surface area contributed by atoms with Crippen LogP contribution in [0.1, 0.15) is 42.1 Å². The van der Waals surface area contributed by atoms with E-state index in [1.165, 1.54) is 13.2 Å². The fourth-order valence-electron chi connectivity index (χ4n) is 3.57. The summed E-state index contributed by atoms with van der Waals surface area (Å²) in [7, 11) is 1.43. The molecule has 158 valence electrons. The number of amides is 1. The molecule has 1 aromatic heterocycles. The molecule has 0 radical (unpaired) electrons. The number of methoxy groups -OCH3 is 1. The minimum absolute atomic E-state index is 0.0600. The summed E-state index contributed by atoms with van der Waals surface area (Å²) in [5, 5.41) is 3.72. The number of rotatable bonds is 7. The number of nitrogens with zero attached hydrogens (tertiary/aromatic N) is 1. The van der Waals surface area contributed by atoms with Crippen LogP contribution in [0.15, 0.2) is 36.4 Å². The predicted octanol–water partition coefficient (Wildman–Crippen LogP) is 5.09. The maximum atomic E-state index is 14.6. The Hall–Kier alpha value is -2.73. The molecule has 0 unspecified atom stereocenters. The quantitative estimate of drug-likeness (QED) is 0.423. The number of hydrogen-bond donors (Lipinski definition) is 1. The molecule has 4 nitrogen and oxygen atoms in total. The van der Waals surface area contributed by atoms with Crippen molar-refractivity contribution < 1.29 is 13.9 Å². The number of ether oxygens (including phenoxy) is 1. The summed E-state index contributed by atoms with van der Waals surface area (Å²) in [5.41, 5.74) is 4.29. The number of hydrogen-bond acceptors (Lipinski definition) is 3. The van der Waals surface area contributed by atoms with E-state index in [2.05, 4.69) is 12.2 Å². The Balaban J connectivity index is 2.11. The summed E-state index contributed by atoms with van der Waals surface area (Å²) in [6, 6.07) is 11.0. The van der Waals surface area contributed by atoms with Gasteiger partial charge < -0.3 is 14.6 Å². The lowest BCUT2D eigenvalue weighted by Crippen LogP contribution is -2.26. The molecular weight excluding hydrogens is 399 g/mol. The van der Waals surface area contributed by atoms with Crippen LogP contribution in [0.4, 0.5) is 4.39 Å². The van der Waals surface area contributed by atoms with E-state index in [9.17, 15) is 9.18 Å². The van der Waals surface area contributed by atoms with Gasteiger partial charge in [-0.25, -0.2) is 4.39 Å². The van der Waals surface area contributed by atoms with Crippen molar-refractivity contribution in [1.29, 1.82) is 0 Å². The van der Waals surface area contributed by atoms with Crippen LogP contribution in [0.25, 0.3) is 10.9 Å². The second-order valence-corrected chi connectivity index (χ2v) is 7.84. The molecule has 0 aliphatic heterocycles. The highest BCUT2D eigenvalue weighted by Gasteiger charge is 2.22. The Labute approximate surface area is 182 Å². The number of carbonyl (C=O) groups excluding carboxylic acids is 1.